The van der Waals surface area contributed by atoms with Gasteiger partial charge in [0, 0.05) is 10.2 Å². The van der Waals surface area contributed by atoms with Crippen LogP contribution in [0.1, 0.15) is 22.7 Å². The number of carbonyl (C=O) groups excluding carboxylic acids is 1. The van der Waals surface area contributed by atoms with Gasteiger partial charge in [-0.25, -0.2) is 4.79 Å². The number of hydrogen-bond donors (Lipinski definition) is 1. The first kappa shape index (κ1) is 15.6. The zero-order valence-corrected chi connectivity index (χ0v) is 13.9. The summed E-state index contributed by atoms with van der Waals surface area (Å²) in [5, 5.41) is 3.23. The van der Waals surface area contributed by atoms with Gasteiger partial charge >= 0.3 is 5.97 Å². The summed E-state index contributed by atoms with van der Waals surface area (Å²) in [4.78, 5) is 12.1. The third-order valence-electron chi connectivity index (χ3n) is 3.44. The molecule has 0 amide bonds. The first-order chi connectivity index (χ1) is 10.0. The molecule has 0 heterocycles. The predicted octanol–water partition coefficient (Wildman–Crippen LogP) is 4.39. The number of benzene rings is 2. The van der Waals surface area contributed by atoms with E-state index in [4.69, 9.17) is 4.74 Å². The van der Waals surface area contributed by atoms with Crippen LogP contribution in [0.5, 0.6) is 0 Å². The largest absolute Gasteiger partial charge is 0.467 e. The van der Waals surface area contributed by atoms with E-state index >= 15 is 0 Å². The number of halogens is 1. The van der Waals surface area contributed by atoms with E-state index in [9.17, 15) is 4.79 Å². The zero-order valence-electron chi connectivity index (χ0n) is 12.3. The van der Waals surface area contributed by atoms with Gasteiger partial charge in [0.25, 0.3) is 0 Å². The smallest absolute Gasteiger partial charge is 0.332 e. The van der Waals surface area contributed by atoms with Gasteiger partial charge < -0.3 is 10.1 Å². The number of esters is 1. The Kier molecular flexibility index (Phi) is 5.02. The van der Waals surface area contributed by atoms with Gasteiger partial charge in [-0.2, -0.15) is 0 Å². The van der Waals surface area contributed by atoms with Crippen molar-refractivity contribution in [3.63, 3.8) is 0 Å². The van der Waals surface area contributed by atoms with Crippen LogP contribution in [0.4, 0.5) is 5.69 Å². The molecular formula is C17H18BrNO2. The average molecular weight is 348 g/mol. The molecule has 0 fully saturated rings. The molecule has 0 aliphatic heterocycles. The number of hydrogen-bond acceptors (Lipinski definition) is 3. The summed E-state index contributed by atoms with van der Waals surface area (Å²) >= 11 is 3.43. The fraction of sp³-hybridized carbons (Fsp3) is 0.235. The highest BCUT2D eigenvalue weighted by Gasteiger charge is 2.21. The summed E-state index contributed by atoms with van der Waals surface area (Å²) in [6.07, 6.45) is 0. The van der Waals surface area contributed by atoms with Crippen molar-refractivity contribution < 1.29 is 9.53 Å². The highest BCUT2D eigenvalue weighted by molar-refractivity contribution is 9.10. The maximum Gasteiger partial charge on any atom is 0.332 e. The molecule has 4 heteroatoms. The average Bonchev–Trinajstić information content (AvgIpc) is 2.47. The van der Waals surface area contributed by atoms with Crippen LogP contribution in [0.15, 0.2) is 46.9 Å². The van der Waals surface area contributed by atoms with E-state index in [0.717, 1.165) is 21.3 Å². The quantitative estimate of drug-likeness (QED) is 0.833. The summed E-state index contributed by atoms with van der Waals surface area (Å²) in [6.45, 7) is 4.08. The van der Waals surface area contributed by atoms with Gasteiger partial charge in [0.05, 0.1) is 7.11 Å². The van der Waals surface area contributed by atoms with Gasteiger partial charge in [-0.15, -0.1) is 0 Å². The van der Waals surface area contributed by atoms with Crippen LogP contribution in [0.25, 0.3) is 0 Å². The van der Waals surface area contributed by atoms with Gasteiger partial charge in [-0.05, 0) is 48.7 Å². The SMILES string of the molecule is COC(=O)C(Nc1cccc(Br)c1)c1ccc(C)c(C)c1. The van der Waals surface area contributed by atoms with E-state index in [1.165, 1.54) is 12.7 Å². The lowest BCUT2D eigenvalue weighted by Crippen LogP contribution is -2.22. The van der Waals surface area contributed by atoms with E-state index in [2.05, 4.69) is 21.2 Å². The molecule has 0 aliphatic carbocycles. The van der Waals surface area contributed by atoms with Crippen molar-refractivity contribution >= 4 is 27.6 Å². The summed E-state index contributed by atoms with van der Waals surface area (Å²) in [7, 11) is 1.40. The highest BCUT2D eigenvalue weighted by atomic mass is 79.9. The zero-order chi connectivity index (χ0) is 15.4. The normalized spacial score (nSPS) is 11.8. The Labute approximate surface area is 133 Å². The molecule has 0 saturated heterocycles. The Hall–Kier alpha value is -1.81. The minimum atomic E-state index is -0.524. The van der Waals surface area contributed by atoms with Crippen LogP contribution in [-0.4, -0.2) is 13.1 Å². The summed E-state index contributed by atoms with van der Waals surface area (Å²) < 4.78 is 5.88. The van der Waals surface area contributed by atoms with Crippen LogP contribution in [0, 0.1) is 13.8 Å². The molecule has 0 spiro atoms. The van der Waals surface area contributed by atoms with Gasteiger partial charge in [-0.3, -0.25) is 0 Å². The number of methoxy groups -OCH3 is 1. The number of anilines is 1. The topological polar surface area (TPSA) is 38.3 Å². The maximum absolute atomic E-state index is 12.1. The van der Waals surface area contributed by atoms with E-state index in [1.54, 1.807) is 0 Å². The number of carbonyl (C=O) groups is 1. The van der Waals surface area contributed by atoms with Gasteiger partial charge in [0.2, 0.25) is 0 Å². The molecule has 110 valence electrons. The Morgan fingerprint density at radius 3 is 2.52 bits per heavy atom. The molecule has 1 N–H and O–H groups in total. The van der Waals surface area contributed by atoms with Crippen LogP contribution in [0.2, 0.25) is 0 Å². The fourth-order valence-corrected chi connectivity index (χ4v) is 2.48. The Balaban J connectivity index is 2.34. The van der Waals surface area contributed by atoms with Crippen molar-refractivity contribution in [2.75, 3.05) is 12.4 Å². The third-order valence-corrected chi connectivity index (χ3v) is 3.93. The number of aryl methyl sites for hydroxylation is 2. The van der Waals surface area contributed by atoms with E-state index < -0.39 is 6.04 Å². The second kappa shape index (κ2) is 6.76. The van der Waals surface area contributed by atoms with E-state index in [-0.39, 0.29) is 5.97 Å². The lowest BCUT2D eigenvalue weighted by Gasteiger charge is -2.19. The first-order valence-electron chi connectivity index (χ1n) is 6.68. The number of ether oxygens (including phenoxy) is 1. The van der Waals surface area contributed by atoms with E-state index in [1.807, 2.05) is 56.3 Å². The Bertz CT molecular complexity index is 655. The summed E-state index contributed by atoms with van der Waals surface area (Å²) in [6, 6.07) is 13.2. The van der Waals surface area contributed by atoms with Crippen molar-refractivity contribution in [1.29, 1.82) is 0 Å². The van der Waals surface area contributed by atoms with Gasteiger partial charge in [-0.1, -0.05) is 40.2 Å². The van der Waals surface area contributed by atoms with Gasteiger partial charge in [0.15, 0.2) is 6.04 Å². The van der Waals surface area contributed by atoms with Crippen LogP contribution in [0.3, 0.4) is 0 Å². The van der Waals surface area contributed by atoms with Crippen molar-refractivity contribution in [2.24, 2.45) is 0 Å². The number of rotatable bonds is 4. The molecule has 1 unspecified atom stereocenters. The fourth-order valence-electron chi connectivity index (χ4n) is 2.09. The number of nitrogens with one attached hydrogen (secondary N) is 1. The maximum atomic E-state index is 12.1. The van der Waals surface area contributed by atoms with Crippen molar-refractivity contribution in [1.82, 2.24) is 0 Å². The molecule has 21 heavy (non-hydrogen) atoms. The first-order valence-corrected chi connectivity index (χ1v) is 7.47. The molecule has 2 aromatic rings. The van der Waals surface area contributed by atoms with Crippen LogP contribution < -0.4 is 5.32 Å². The van der Waals surface area contributed by atoms with Crippen LogP contribution >= 0.6 is 15.9 Å². The predicted molar refractivity (Wildman–Crippen MR) is 88.4 cm³/mol. The lowest BCUT2D eigenvalue weighted by atomic mass is 10.0. The molecule has 2 rings (SSSR count). The molecule has 0 aromatic heterocycles. The highest BCUT2D eigenvalue weighted by Crippen LogP contribution is 2.24. The second-order valence-electron chi connectivity index (χ2n) is 4.95. The standard InChI is InChI=1S/C17H18BrNO2/c1-11-7-8-13(9-12(11)2)16(17(20)21-3)19-15-6-4-5-14(18)10-15/h4-10,16,19H,1-3H3. The molecule has 1 atom stereocenters. The minimum absolute atomic E-state index is 0.307. The molecular weight excluding hydrogens is 330 g/mol. The third kappa shape index (κ3) is 3.85. The lowest BCUT2D eigenvalue weighted by molar-refractivity contribution is -0.141. The molecule has 2 aromatic carbocycles. The summed E-state index contributed by atoms with van der Waals surface area (Å²) in [5.74, 6) is -0.307. The Morgan fingerprint density at radius 1 is 1.14 bits per heavy atom. The second-order valence-corrected chi connectivity index (χ2v) is 5.87. The minimum Gasteiger partial charge on any atom is -0.467 e. The Morgan fingerprint density at radius 2 is 1.90 bits per heavy atom. The van der Waals surface area contributed by atoms with Crippen LogP contribution in [-0.2, 0) is 9.53 Å². The van der Waals surface area contributed by atoms with Crippen molar-refractivity contribution in [3.8, 4) is 0 Å². The monoisotopic (exact) mass is 347 g/mol. The van der Waals surface area contributed by atoms with Gasteiger partial charge in [0.1, 0.15) is 0 Å². The summed E-state index contributed by atoms with van der Waals surface area (Å²) in [5.41, 5.74) is 4.10. The molecule has 3 nitrogen and oxygen atoms in total. The van der Waals surface area contributed by atoms with Crippen molar-refractivity contribution in [2.45, 2.75) is 19.9 Å². The van der Waals surface area contributed by atoms with E-state index in [0.29, 0.717) is 0 Å². The molecule has 0 saturated carbocycles. The molecule has 0 aliphatic rings. The molecule has 0 radical (unpaired) electrons. The van der Waals surface area contributed by atoms with Crippen molar-refractivity contribution in [3.05, 3.63) is 63.6 Å². The molecule has 0 bridgehead atoms.